The molecule has 0 nitrogen and oxygen atoms in total. The van der Waals surface area contributed by atoms with E-state index in [-0.39, 0.29) is 48.5 Å². The van der Waals surface area contributed by atoms with Gasteiger partial charge in [-0.15, -0.1) is 187 Å². The summed E-state index contributed by atoms with van der Waals surface area (Å²) in [6.45, 7) is 0. The molecule has 0 aliphatic carbocycles. The standard InChI is InChI=1S/4C22H17.2CH2.2ClH.2Zr/c4*1-3-10-18(11-4-1)22(19-12-5-2-6-13-19)21-16-15-17-9-7-8-14-20(17)21;;;;;;/h4*1-16,22H;2*1H2;2*1H;;/q4*-1;;;;;2*+2/p-2. The van der Waals surface area contributed by atoms with Crippen molar-refractivity contribution in [3.05, 3.63) is 455 Å². The number of benzene rings is 12. The van der Waals surface area contributed by atoms with Crippen molar-refractivity contribution in [1.29, 1.82) is 0 Å². The van der Waals surface area contributed by atoms with Gasteiger partial charge in [-0.05, 0) is 68.2 Å². The molecule has 0 unspecified atom stereocenters. The normalized spacial score (nSPS) is 10.6. The van der Waals surface area contributed by atoms with Crippen LogP contribution in [0.4, 0.5) is 0 Å². The Bertz CT molecular complexity index is 4000. The number of halogens is 2. The summed E-state index contributed by atoms with van der Waals surface area (Å²) < 4.78 is 6.68. The molecule has 0 N–H and O–H groups in total. The zero-order valence-corrected chi connectivity index (χ0v) is 58.9. The number of rotatable bonds is 12. The van der Waals surface area contributed by atoms with Gasteiger partial charge in [0.15, 0.2) is 0 Å². The fourth-order valence-electron chi connectivity index (χ4n) is 13.1. The first-order valence-corrected chi connectivity index (χ1v) is 34.9. The molecule has 0 fully saturated rings. The molecule has 0 aromatic heterocycles. The molecule has 16 aromatic carbocycles. The molecule has 0 saturated heterocycles. The largest absolute Gasteiger partial charge is 1.00 e. The first kappa shape index (κ1) is 69.5. The van der Waals surface area contributed by atoms with Crippen molar-refractivity contribution in [2.75, 3.05) is 0 Å². The molecule has 0 saturated carbocycles. The Morgan fingerprint density at radius 2 is 0.309 bits per heavy atom. The summed E-state index contributed by atoms with van der Waals surface area (Å²) in [6, 6.07) is 139. The maximum absolute atomic E-state index is 3.34. The van der Waals surface area contributed by atoms with Crippen molar-refractivity contribution in [2.45, 2.75) is 23.7 Å². The Labute approximate surface area is 597 Å². The maximum Gasteiger partial charge on any atom is -0.00686 e. The van der Waals surface area contributed by atoms with E-state index in [1.54, 1.807) is 0 Å². The van der Waals surface area contributed by atoms with Crippen molar-refractivity contribution in [3.8, 4) is 0 Å². The molecule has 0 heterocycles. The molecule has 94 heavy (non-hydrogen) atoms. The Kier molecular flexibility index (Phi) is 26.6. The predicted octanol–water partition coefficient (Wildman–Crippen LogP) is 16.9. The summed E-state index contributed by atoms with van der Waals surface area (Å²) >= 11 is 2.60. The molecule has 16 rings (SSSR count). The van der Waals surface area contributed by atoms with E-state index in [0.29, 0.717) is 0 Å². The van der Waals surface area contributed by atoms with Gasteiger partial charge >= 0.3 is 56.9 Å². The average molecular weight is 1410 g/mol. The van der Waals surface area contributed by atoms with Crippen molar-refractivity contribution >= 4 is 51.5 Å². The van der Waals surface area contributed by atoms with Gasteiger partial charge in [0.1, 0.15) is 0 Å². The van der Waals surface area contributed by atoms with Crippen LogP contribution in [0.2, 0.25) is 0 Å². The van der Waals surface area contributed by atoms with Crippen molar-refractivity contribution in [2.24, 2.45) is 0 Å². The molecular formula is C90H72Cl2Zr2-2. The van der Waals surface area contributed by atoms with E-state index >= 15 is 0 Å². The van der Waals surface area contributed by atoms with E-state index in [2.05, 4.69) is 397 Å². The van der Waals surface area contributed by atoms with Crippen LogP contribution in [0, 0.1) is 0 Å². The third kappa shape index (κ3) is 16.7. The van der Waals surface area contributed by atoms with E-state index in [1.807, 2.05) is 0 Å². The van der Waals surface area contributed by atoms with Gasteiger partial charge in [0.05, 0.1) is 0 Å². The van der Waals surface area contributed by atoms with Gasteiger partial charge in [0.25, 0.3) is 0 Å². The molecule has 4 heteroatoms. The van der Waals surface area contributed by atoms with Crippen LogP contribution < -0.4 is 24.8 Å². The Hall–Kier alpha value is -8.83. The molecular weight excluding hydrogens is 1330 g/mol. The second-order valence-electron chi connectivity index (χ2n) is 22.5. The van der Waals surface area contributed by atoms with Gasteiger partial charge in [0, 0.05) is 0 Å². The zero-order chi connectivity index (χ0) is 63.1. The first-order valence-electron chi connectivity index (χ1n) is 31.4. The van der Waals surface area contributed by atoms with Crippen LogP contribution in [0.3, 0.4) is 0 Å². The number of fused-ring (bicyclic) bond motifs is 4. The second-order valence-corrected chi connectivity index (χ2v) is 22.5. The van der Waals surface area contributed by atoms with Crippen LogP contribution in [0.15, 0.2) is 388 Å². The van der Waals surface area contributed by atoms with E-state index < -0.39 is 0 Å². The SMILES string of the molecule is [CH2]=[Zr+2].[CH2]=[Zr+2].[Cl-].[Cl-].c1ccc(C(c2ccccc2)c2c[cH-]c3ccccc23)cc1.c1ccc(C(c2ccccc2)c2c[cH-]c3ccccc23)cc1.c1ccc(C(c2ccccc2)c2c[cH-]c3ccccc23)cc1.c1ccc(C(c2ccccc2)c2c[cH-]c3ccccc23)cc1. The minimum absolute atomic E-state index is 0. The summed E-state index contributed by atoms with van der Waals surface area (Å²) in [5.74, 6) is 1.12. The average Bonchev–Trinajstić information content (AvgIpc) is 1.64. The first-order chi connectivity index (χ1) is 45.7. The van der Waals surface area contributed by atoms with E-state index in [1.165, 1.54) is 158 Å². The second kappa shape index (κ2) is 36.0. The van der Waals surface area contributed by atoms with Crippen LogP contribution in [0.5, 0.6) is 0 Å². The van der Waals surface area contributed by atoms with E-state index in [4.69, 9.17) is 0 Å². The monoisotopic (exact) mass is 1400 g/mol. The van der Waals surface area contributed by atoms with Gasteiger partial charge in [-0.25, -0.2) is 0 Å². The summed E-state index contributed by atoms with van der Waals surface area (Å²) in [4.78, 5) is 0. The molecule has 0 aliphatic heterocycles. The van der Waals surface area contributed by atoms with Crippen LogP contribution in [0.1, 0.15) is 90.4 Å². The quantitative estimate of drug-likeness (QED) is 0.107. The van der Waals surface area contributed by atoms with Gasteiger partial charge in [-0.3, -0.25) is 0 Å². The summed E-state index contributed by atoms with van der Waals surface area (Å²) in [7, 11) is 0. The van der Waals surface area contributed by atoms with Crippen LogP contribution in [0.25, 0.3) is 43.1 Å². The molecule has 16 aromatic rings. The zero-order valence-electron chi connectivity index (χ0n) is 52.4. The minimum atomic E-state index is 0. The van der Waals surface area contributed by atoms with E-state index in [9.17, 15) is 0 Å². The molecule has 0 radical (unpaired) electrons. The molecule has 0 aliphatic rings. The van der Waals surface area contributed by atoms with Gasteiger partial charge in [-0.2, -0.15) is 0 Å². The molecule has 456 valence electrons. The molecule has 0 amide bonds. The van der Waals surface area contributed by atoms with Crippen LogP contribution in [-0.2, 0) is 48.5 Å². The summed E-state index contributed by atoms with van der Waals surface area (Å²) in [5, 5.41) is 10.6. The van der Waals surface area contributed by atoms with Crippen molar-refractivity contribution in [3.63, 3.8) is 0 Å². The molecule has 0 spiro atoms. The Balaban J connectivity index is 0.000000144. The Morgan fingerprint density at radius 3 is 0.457 bits per heavy atom. The summed E-state index contributed by atoms with van der Waals surface area (Å²) in [5.41, 5.74) is 16.2. The van der Waals surface area contributed by atoms with E-state index in [0.717, 1.165) is 0 Å². The fraction of sp³-hybridized carbons (Fsp3) is 0.0444. The Morgan fingerprint density at radius 1 is 0.181 bits per heavy atom. The van der Waals surface area contributed by atoms with Gasteiger partial charge in [-0.1, -0.05) is 267 Å². The topological polar surface area (TPSA) is 0 Å². The van der Waals surface area contributed by atoms with Crippen molar-refractivity contribution in [1.82, 2.24) is 0 Å². The smallest absolute Gasteiger partial charge is 0.00686 e. The third-order valence-corrected chi connectivity index (χ3v) is 17.2. The maximum atomic E-state index is 3.34. The fourth-order valence-corrected chi connectivity index (χ4v) is 13.1. The number of hydrogen-bond acceptors (Lipinski definition) is 0. The van der Waals surface area contributed by atoms with Gasteiger partial charge in [0.2, 0.25) is 0 Å². The number of hydrogen-bond donors (Lipinski definition) is 0. The van der Waals surface area contributed by atoms with Crippen LogP contribution >= 0.6 is 0 Å². The minimum Gasteiger partial charge on any atom is -1.00 e. The van der Waals surface area contributed by atoms with Crippen LogP contribution in [-0.4, -0.2) is 8.42 Å². The predicted molar refractivity (Wildman–Crippen MR) is 388 cm³/mol. The summed E-state index contributed by atoms with van der Waals surface area (Å²) in [6.07, 6.45) is 0. The van der Waals surface area contributed by atoms with Gasteiger partial charge < -0.3 is 24.8 Å². The molecule has 0 bridgehead atoms. The third-order valence-electron chi connectivity index (χ3n) is 17.2. The molecule has 0 atom stereocenters. The van der Waals surface area contributed by atoms with Crippen molar-refractivity contribution < 1.29 is 73.3 Å².